The summed E-state index contributed by atoms with van der Waals surface area (Å²) in [6.45, 7) is 25.4. The maximum absolute atomic E-state index is 2.28. The van der Waals surface area contributed by atoms with Gasteiger partial charge in [-0.2, -0.15) is 0 Å². The molecule has 24 heavy (non-hydrogen) atoms. The minimum Gasteiger partial charge on any atom is -0.0683 e. The van der Waals surface area contributed by atoms with E-state index in [1.807, 2.05) is 41.5 Å². The Balaban J connectivity index is -0.000000153. The zero-order valence-electron chi connectivity index (χ0n) is 19.3. The third kappa shape index (κ3) is 19.3. The van der Waals surface area contributed by atoms with Gasteiger partial charge in [0.05, 0.1) is 0 Å². The van der Waals surface area contributed by atoms with Crippen LogP contribution in [0.1, 0.15) is 119 Å². The molecule has 1 unspecified atom stereocenters. The van der Waals surface area contributed by atoms with Crippen molar-refractivity contribution >= 4 is 0 Å². The second-order valence-electron chi connectivity index (χ2n) is 5.55. The van der Waals surface area contributed by atoms with Crippen LogP contribution in [0.2, 0.25) is 0 Å². The molecule has 0 amide bonds. The van der Waals surface area contributed by atoms with E-state index in [9.17, 15) is 0 Å². The highest BCUT2D eigenvalue weighted by atomic mass is 14.1. The number of hydrogen-bond acceptors (Lipinski definition) is 0. The highest BCUT2D eigenvalue weighted by molar-refractivity contribution is 5.28. The Labute approximate surface area is 156 Å². The molecular weight excluding hydrogens is 288 g/mol. The molecule has 1 atom stereocenters. The van der Waals surface area contributed by atoms with Crippen molar-refractivity contribution in [3.63, 3.8) is 0 Å². The Morgan fingerprint density at radius 2 is 1.17 bits per heavy atom. The first-order valence-electron chi connectivity index (χ1n) is 10.6. The maximum Gasteiger partial charge on any atom is -0.0162 e. The van der Waals surface area contributed by atoms with Crippen molar-refractivity contribution in [3.8, 4) is 0 Å². The van der Waals surface area contributed by atoms with Gasteiger partial charge in [-0.3, -0.25) is 0 Å². The molecule has 0 saturated heterocycles. The molecule has 1 aromatic rings. The molecule has 0 aliphatic carbocycles. The summed E-state index contributed by atoms with van der Waals surface area (Å²) >= 11 is 0. The molecule has 0 aliphatic rings. The normalized spacial score (nSPS) is 9.71. The Morgan fingerprint density at radius 3 is 1.46 bits per heavy atom. The highest BCUT2D eigenvalue weighted by Crippen LogP contribution is 2.26. The Kier molecular flexibility index (Phi) is 35.0. The lowest BCUT2D eigenvalue weighted by Gasteiger charge is -2.16. The van der Waals surface area contributed by atoms with Gasteiger partial charge in [0.25, 0.3) is 0 Å². The molecule has 0 spiro atoms. The second-order valence-corrected chi connectivity index (χ2v) is 5.55. The average molecular weight is 339 g/mol. The van der Waals surface area contributed by atoms with Gasteiger partial charge in [-0.1, -0.05) is 113 Å². The fourth-order valence-corrected chi connectivity index (χ4v) is 1.97. The number of rotatable bonds is 5. The smallest absolute Gasteiger partial charge is 0.0162 e. The van der Waals surface area contributed by atoms with Gasteiger partial charge in [-0.05, 0) is 42.7 Å². The summed E-state index contributed by atoms with van der Waals surface area (Å²) in [5, 5.41) is 0. The summed E-state index contributed by atoms with van der Waals surface area (Å²) in [6, 6.07) is 8.77. The molecule has 0 nitrogen and oxygen atoms in total. The molecule has 1 rings (SSSR count). The van der Waals surface area contributed by atoms with Crippen molar-refractivity contribution in [2.75, 3.05) is 0 Å². The van der Waals surface area contributed by atoms with Crippen molar-refractivity contribution < 1.29 is 0 Å². The van der Waals surface area contributed by atoms with Gasteiger partial charge in [0.2, 0.25) is 0 Å². The molecule has 0 saturated carbocycles. The van der Waals surface area contributed by atoms with Crippen LogP contribution in [0.3, 0.4) is 0 Å². The van der Waals surface area contributed by atoms with E-state index in [1.54, 1.807) is 5.56 Å². The van der Waals surface area contributed by atoms with Crippen LogP contribution in [0.25, 0.3) is 0 Å². The summed E-state index contributed by atoms with van der Waals surface area (Å²) in [5.74, 6) is 1.65. The zero-order valence-corrected chi connectivity index (χ0v) is 19.3. The van der Waals surface area contributed by atoms with Crippen molar-refractivity contribution in [2.45, 2.75) is 115 Å². The van der Waals surface area contributed by atoms with Crippen LogP contribution in [0.5, 0.6) is 0 Å². The topological polar surface area (TPSA) is 0 Å². The van der Waals surface area contributed by atoms with Gasteiger partial charge in [0.1, 0.15) is 0 Å². The summed E-state index contributed by atoms with van der Waals surface area (Å²) < 4.78 is 0. The summed E-state index contributed by atoms with van der Waals surface area (Å²) in [6.07, 6.45) is 5.17. The summed E-state index contributed by atoms with van der Waals surface area (Å²) in [5.41, 5.74) is 3.00. The van der Waals surface area contributed by atoms with E-state index in [-0.39, 0.29) is 0 Å². The molecule has 0 fully saturated rings. The number of benzene rings is 1. The van der Waals surface area contributed by atoms with Gasteiger partial charge in [-0.15, -0.1) is 0 Å². The zero-order chi connectivity index (χ0) is 20.0. The van der Waals surface area contributed by atoms with Gasteiger partial charge in [-0.25, -0.2) is 0 Å². The van der Waals surface area contributed by atoms with E-state index in [4.69, 9.17) is 0 Å². The molecule has 0 heteroatoms. The van der Waals surface area contributed by atoms with E-state index >= 15 is 0 Å². The molecule has 1 aromatic carbocycles. The predicted octanol–water partition coefficient (Wildman–Crippen LogP) is 9.42. The molecule has 0 aliphatic heterocycles. The number of aryl methyl sites for hydroxylation is 1. The van der Waals surface area contributed by atoms with E-state index in [0.717, 1.165) is 11.8 Å². The SMILES string of the molecule is CC.CC.CC.CCC(C)C.CCCC(CC)c1ccccc1C. The third-order valence-electron chi connectivity index (χ3n) is 3.57. The van der Waals surface area contributed by atoms with Gasteiger partial charge < -0.3 is 0 Å². The molecular formula is C24H50. The van der Waals surface area contributed by atoms with E-state index in [1.165, 1.54) is 31.2 Å². The monoisotopic (exact) mass is 338 g/mol. The van der Waals surface area contributed by atoms with Crippen LogP contribution < -0.4 is 0 Å². The molecule has 0 radical (unpaired) electrons. The van der Waals surface area contributed by atoms with Crippen LogP contribution in [-0.4, -0.2) is 0 Å². The molecule has 0 N–H and O–H groups in total. The first-order valence-corrected chi connectivity index (χ1v) is 10.6. The average Bonchev–Trinajstić information content (AvgIpc) is 2.66. The minimum atomic E-state index is 0.770. The van der Waals surface area contributed by atoms with Crippen molar-refractivity contribution in [2.24, 2.45) is 5.92 Å². The maximum atomic E-state index is 2.28. The molecule has 146 valence electrons. The van der Waals surface area contributed by atoms with E-state index in [0.29, 0.717) is 0 Å². The molecule has 0 aromatic heterocycles. The quantitative estimate of drug-likeness (QED) is 0.501. The summed E-state index contributed by atoms with van der Waals surface area (Å²) in [7, 11) is 0. The summed E-state index contributed by atoms with van der Waals surface area (Å²) in [4.78, 5) is 0. The predicted molar refractivity (Wildman–Crippen MR) is 118 cm³/mol. The van der Waals surface area contributed by atoms with Gasteiger partial charge >= 0.3 is 0 Å². The first-order chi connectivity index (χ1) is 11.6. The fourth-order valence-electron chi connectivity index (χ4n) is 1.97. The van der Waals surface area contributed by atoms with Crippen LogP contribution in [0.4, 0.5) is 0 Å². The van der Waals surface area contributed by atoms with Crippen LogP contribution in [0.15, 0.2) is 24.3 Å². The lowest BCUT2D eigenvalue weighted by molar-refractivity contribution is 0.593. The fraction of sp³-hybridized carbons (Fsp3) is 0.750. The largest absolute Gasteiger partial charge is 0.0683 e. The van der Waals surface area contributed by atoms with Gasteiger partial charge in [0, 0.05) is 0 Å². The third-order valence-corrected chi connectivity index (χ3v) is 3.57. The lowest BCUT2D eigenvalue weighted by atomic mass is 9.89. The Morgan fingerprint density at radius 1 is 0.750 bits per heavy atom. The second kappa shape index (κ2) is 27.1. The highest BCUT2D eigenvalue weighted by Gasteiger charge is 2.09. The van der Waals surface area contributed by atoms with Crippen LogP contribution in [-0.2, 0) is 0 Å². The molecule has 0 heterocycles. The first kappa shape index (κ1) is 31.0. The van der Waals surface area contributed by atoms with E-state index in [2.05, 4.69) is 65.8 Å². The van der Waals surface area contributed by atoms with Crippen molar-refractivity contribution in [1.82, 2.24) is 0 Å². The van der Waals surface area contributed by atoms with E-state index < -0.39 is 0 Å². The Bertz CT molecular complexity index is 299. The number of hydrogen-bond donors (Lipinski definition) is 0. The van der Waals surface area contributed by atoms with Crippen molar-refractivity contribution in [3.05, 3.63) is 35.4 Å². The van der Waals surface area contributed by atoms with Crippen LogP contribution >= 0.6 is 0 Å². The van der Waals surface area contributed by atoms with Crippen LogP contribution in [0, 0.1) is 12.8 Å². The standard InChI is InChI=1S/C13H20.C5H12.3C2H6/c1-4-8-12(5-2)13-10-7-6-9-11(13)3;1-4-5(2)3;3*1-2/h6-7,9-10,12H,4-5,8H2,1-3H3;5H,4H2,1-3H3;3*1-2H3. The van der Waals surface area contributed by atoms with Crippen molar-refractivity contribution in [1.29, 1.82) is 0 Å². The lowest BCUT2D eigenvalue weighted by Crippen LogP contribution is -1.98. The van der Waals surface area contributed by atoms with Gasteiger partial charge in [0.15, 0.2) is 0 Å². The Hall–Kier alpha value is -0.780. The molecule has 0 bridgehead atoms. The minimum absolute atomic E-state index is 0.770.